The molecule has 4 aromatic heterocycles. The summed E-state index contributed by atoms with van der Waals surface area (Å²) in [4.78, 5) is 9.25. The first-order chi connectivity index (χ1) is 20.3. The number of rotatable bonds is 5. The standard InChI is InChI=1S/C29H29F2N7O3S/c1-17-27(36(2)35-34-17)19-15-23-25(33-16-19)20-6-7-22(37-11-4-14-42(37,39)40)24(31)29(20)38(23)28(18-8-12-41-13-9-18)26-21(30)5-3-10-32-26/h3,5-7,10,15-16,18,28H,4,8-9,11-14H2,1-2H3/t28-/m0/s1. The molecular weight excluding hydrogens is 564 g/mol. The van der Waals surface area contributed by atoms with E-state index in [1.54, 1.807) is 28.6 Å². The summed E-state index contributed by atoms with van der Waals surface area (Å²) in [7, 11) is -1.87. The summed E-state index contributed by atoms with van der Waals surface area (Å²) in [5.74, 6) is -1.37. The molecule has 10 nitrogen and oxygen atoms in total. The summed E-state index contributed by atoms with van der Waals surface area (Å²) < 4.78 is 68.4. The minimum absolute atomic E-state index is 0.0248. The number of ether oxygens (including phenoxy) is 1. The zero-order valence-corrected chi connectivity index (χ0v) is 24.0. The van der Waals surface area contributed by atoms with Crippen molar-refractivity contribution in [2.75, 3.05) is 29.8 Å². The zero-order chi connectivity index (χ0) is 29.2. The van der Waals surface area contributed by atoms with Gasteiger partial charge in [-0.1, -0.05) is 5.21 Å². The summed E-state index contributed by atoms with van der Waals surface area (Å²) in [5.41, 5.74) is 3.58. The van der Waals surface area contributed by atoms with E-state index in [1.807, 2.05) is 13.0 Å². The Bertz CT molecular complexity index is 1930. The predicted octanol–water partition coefficient (Wildman–Crippen LogP) is 4.52. The van der Waals surface area contributed by atoms with Crippen LogP contribution in [0.1, 0.15) is 36.7 Å². The minimum Gasteiger partial charge on any atom is -0.381 e. The highest BCUT2D eigenvalue weighted by Gasteiger charge is 2.36. The van der Waals surface area contributed by atoms with Crippen molar-refractivity contribution >= 4 is 37.6 Å². The average Bonchev–Trinajstić information content (AvgIpc) is 3.62. The van der Waals surface area contributed by atoms with Gasteiger partial charge in [0.05, 0.1) is 51.1 Å². The molecule has 5 aromatic rings. The number of fused-ring (bicyclic) bond motifs is 3. The van der Waals surface area contributed by atoms with Crippen molar-refractivity contribution in [2.45, 2.75) is 32.2 Å². The van der Waals surface area contributed by atoms with E-state index < -0.39 is 27.7 Å². The van der Waals surface area contributed by atoms with Crippen LogP contribution in [0.3, 0.4) is 0 Å². The van der Waals surface area contributed by atoms with Crippen LogP contribution >= 0.6 is 0 Å². The number of hydrogen-bond acceptors (Lipinski definition) is 7. The van der Waals surface area contributed by atoms with Gasteiger partial charge in [0.25, 0.3) is 0 Å². The quantitative estimate of drug-likeness (QED) is 0.295. The number of sulfonamides is 1. The van der Waals surface area contributed by atoms with Gasteiger partial charge in [0.15, 0.2) is 5.82 Å². The van der Waals surface area contributed by atoms with E-state index in [0.29, 0.717) is 60.2 Å². The number of anilines is 1. The predicted molar refractivity (Wildman–Crippen MR) is 154 cm³/mol. The lowest BCUT2D eigenvalue weighted by Gasteiger charge is -2.32. The number of aromatic nitrogens is 6. The van der Waals surface area contributed by atoms with Crippen LogP contribution in [0.4, 0.5) is 14.5 Å². The first-order valence-electron chi connectivity index (χ1n) is 13.9. The van der Waals surface area contributed by atoms with Crippen LogP contribution in [0.2, 0.25) is 0 Å². The second-order valence-electron chi connectivity index (χ2n) is 10.9. The van der Waals surface area contributed by atoms with E-state index in [1.165, 1.54) is 24.4 Å². The van der Waals surface area contributed by atoms with Gasteiger partial charge in [-0.05, 0) is 62.4 Å². The summed E-state index contributed by atoms with van der Waals surface area (Å²) in [6.07, 6.45) is 4.86. The van der Waals surface area contributed by atoms with E-state index in [4.69, 9.17) is 9.72 Å². The van der Waals surface area contributed by atoms with Crippen LogP contribution in [0.5, 0.6) is 0 Å². The lowest BCUT2D eigenvalue weighted by Crippen LogP contribution is -2.29. The van der Waals surface area contributed by atoms with Crippen molar-refractivity contribution in [3.05, 3.63) is 65.7 Å². The molecule has 1 atom stereocenters. The molecule has 1 aromatic carbocycles. The largest absolute Gasteiger partial charge is 0.381 e. The van der Waals surface area contributed by atoms with E-state index in [2.05, 4.69) is 15.3 Å². The minimum atomic E-state index is -3.66. The van der Waals surface area contributed by atoms with Gasteiger partial charge in [0.2, 0.25) is 10.0 Å². The van der Waals surface area contributed by atoms with Crippen LogP contribution in [0.15, 0.2) is 42.7 Å². The number of hydrogen-bond donors (Lipinski definition) is 0. The molecule has 2 aliphatic rings. The highest BCUT2D eigenvalue weighted by Crippen LogP contribution is 2.44. The first-order valence-corrected chi connectivity index (χ1v) is 15.5. The van der Waals surface area contributed by atoms with Gasteiger partial charge in [0, 0.05) is 50.1 Å². The molecule has 0 saturated carbocycles. The molecule has 0 bridgehead atoms. The van der Waals surface area contributed by atoms with Crippen molar-refractivity contribution < 1.29 is 21.9 Å². The molecule has 0 spiro atoms. The van der Waals surface area contributed by atoms with E-state index >= 15 is 8.78 Å². The lowest BCUT2D eigenvalue weighted by atomic mass is 9.88. The molecule has 42 heavy (non-hydrogen) atoms. The Hall–Kier alpha value is -3.97. The van der Waals surface area contributed by atoms with Crippen molar-refractivity contribution in [3.8, 4) is 11.3 Å². The third-order valence-electron chi connectivity index (χ3n) is 8.41. The molecule has 7 rings (SSSR count). The van der Waals surface area contributed by atoms with Gasteiger partial charge in [0.1, 0.15) is 5.82 Å². The number of benzene rings is 1. The number of halogens is 2. The van der Waals surface area contributed by atoms with Crippen LogP contribution in [0.25, 0.3) is 33.2 Å². The smallest absolute Gasteiger partial charge is 0.235 e. The van der Waals surface area contributed by atoms with Gasteiger partial charge >= 0.3 is 0 Å². The van der Waals surface area contributed by atoms with Crippen molar-refractivity contribution in [3.63, 3.8) is 0 Å². The molecule has 2 aliphatic heterocycles. The summed E-state index contributed by atoms with van der Waals surface area (Å²) in [6.45, 7) is 3.00. The third kappa shape index (κ3) is 4.17. The van der Waals surface area contributed by atoms with Crippen molar-refractivity contribution in [1.29, 1.82) is 0 Å². The van der Waals surface area contributed by atoms with Gasteiger partial charge in [-0.15, -0.1) is 5.10 Å². The average molecular weight is 594 g/mol. The highest BCUT2D eigenvalue weighted by atomic mass is 32.2. The lowest BCUT2D eigenvalue weighted by molar-refractivity contribution is 0.0542. The van der Waals surface area contributed by atoms with Gasteiger partial charge in [-0.25, -0.2) is 21.9 Å². The molecule has 6 heterocycles. The van der Waals surface area contributed by atoms with Crippen molar-refractivity contribution in [2.24, 2.45) is 13.0 Å². The van der Waals surface area contributed by atoms with Gasteiger partial charge in [-0.2, -0.15) is 0 Å². The van der Waals surface area contributed by atoms with Crippen LogP contribution in [0, 0.1) is 24.5 Å². The normalized spacial score (nSPS) is 18.3. The maximum Gasteiger partial charge on any atom is 0.235 e. The molecule has 0 aliphatic carbocycles. The Morgan fingerprint density at radius 3 is 2.62 bits per heavy atom. The molecule has 218 valence electrons. The van der Waals surface area contributed by atoms with Crippen LogP contribution < -0.4 is 4.31 Å². The maximum atomic E-state index is 16.9. The molecule has 2 saturated heterocycles. The summed E-state index contributed by atoms with van der Waals surface area (Å²) in [5, 5.41) is 8.80. The van der Waals surface area contributed by atoms with Crippen LogP contribution in [-0.4, -0.2) is 63.5 Å². The second-order valence-corrected chi connectivity index (χ2v) is 12.9. The van der Waals surface area contributed by atoms with E-state index in [-0.39, 0.29) is 35.1 Å². The Labute approximate surface area is 241 Å². The third-order valence-corrected chi connectivity index (χ3v) is 10.3. The monoisotopic (exact) mass is 593 g/mol. The SMILES string of the molecule is Cc1nnn(C)c1-c1cnc2c3ccc(N4CCCS4(=O)=O)c(F)c3n([C@H](c3ncccc3F)C3CCOCC3)c2c1. The number of nitrogens with zero attached hydrogens (tertiary/aromatic N) is 7. The van der Waals surface area contributed by atoms with E-state index in [9.17, 15) is 8.42 Å². The van der Waals surface area contributed by atoms with Crippen LogP contribution in [-0.2, 0) is 21.8 Å². The molecular formula is C29H29F2N7O3S. The molecule has 13 heteroatoms. The molecule has 0 N–H and O–H groups in total. The molecule has 2 fully saturated rings. The topological polar surface area (TPSA) is 108 Å². The first kappa shape index (κ1) is 26.9. The Balaban J connectivity index is 1.59. The fourth-order valence-corrected chi connectivity index (χ4v) is 8.09. The second kappa shape index (κ2) is 10.1. The number of pyridine rings is 2. The Kier molecular flexibility index (Phi) is 6.46. The zero-order valence-electron chi connectivity index (χ0n) is 23.2. The van der Waals surface area contributed by atoms with Crippen molar-refractivity contribution in [1.82, 2.24) is 29.5 Å². The molecule has 0 amide bonds. The Morgan fingerprint density at radius 1 is 1.12 bits per heavy atom. The van der Waals surface area contributed by atoms with Gasteiger partial charge in [-0.3, -0.25) is 14.3 Å². The number of aryl methyl sites for hydroxylation is 2. The molecule has 0 radical (unpaired) electrons. The molecule has 0 unspecified atom stereocenters. The highest BCUT2D eigenvalue weighted by molar-refractivity contribution is 7.93. The van der Waals surface area contributed by atoms with Gasteiger partial charge < -0.3 is 9.30 Å². The van der Waals surface area contributed by atoms with E-state index in [0.717, 1.165) is 10.00 Å². The summed E-state index contributed by atoms with van der Waals surface area (Å²) in [6, 6.07) is 7.28. The fourth-order valence-electron chi connectivity index (χ4n) is 6.53. The Morgan fingerprint density at radius 2 is 1.93 bits per heavy atom. The maximum absolute atomic E-state index is 16.9. The summed E-state index contributed by atoms with van der Waals surface area (Å²) >= 11 is 0. The fraction of sp³-hybridized carbons (Fsp3) is 0.379.